The minimum atomic E-state index is 0.583. The predicted octanol–water partition coefficient (Wildman–Crippen LogP) is 2.45. The molecule has 0 saturated heterocycles. The van der Waals surface area contributed by atoms with Crippen LogP contribution in [0.3, 0.4) is 0 Å². The molecule has 21 heavy (non-hydrogen) atoms. The van der Waals surface area contributed by atoms with Crippen LogP contribution in [0.1, 0.15) is 33.1 Å². The Bertz CT molecular complexity index is 393. The van der Waals surface area contributed by atoms with Crippen LogP contribution < -0.4 is 15.4 Å². The fourth-order valence-electron chi connectivity index (χ4n) is 1.88. The van der Waals surface area contributed by atoms with Gasteiger partial charge in [0.05, 0.1) is 12.7 Å². The highest BCUT2D eigenvalue weighted by Gasteiger charge is 1.98. The van der Waals surface area contributed by atoms with E-state index < -0.39 is 0 Å². The molecule has 2 N–H and O–H groups in total. The lowest BCUT2D eigenvalue weighted by Gasteiger charge is -2.12. The van der Waals surface area contributed by atoms with Crippen molar-refractivity contribution in [3.63, 3.8) is 0 Å². The Morgan fingerprint density at radius 3 is 2.76 bits per heavy atom. The molecule has 0 saturated carbocycles. The van der Waals surface area contributed by atoms with Crippen LogP contribution in [0.15, 0.2) is 29.5 Å². The van der Waals surface area contributed by atoms with Crippen molar-refractivity contribution in [2.45, 2.75) is 33.1 Å². The average Bonchev–Trinajstić information content (AvgIpc) is 2.49. The second-order valence-electron chi connectivity index (χ2n) is 5.35. The van der Waals surface area contributed by atoms with E-state index in [9.17, 15) is 0 Å². The number of nitrogens with zero attached hydrogens (tertiary/aromatic N) is 2. The van der Waals surface area contributed by atoms with Gasteiger partial charge in [-0.05, 0) is 24.5 Å². The van der Waals surface area contributed by atoms with Gasteiger partial charge in [0.15, 0.2) is 5.96 Å². The molecule has 5 nitrogen and oxygen atoms in total. The molecule has 0 fully saturated rings. The maximum absolute atomic E-state index is 5.56. The lowest BCUT2D eigenvalue weighted by molar-refractivity contribution is 0.320. The number of pyridine rings is 1. The molecule has 0 atom stereocenters. The van der Waals surface area contributed by atoms with E-state index in [1.807, 2.05) is 12.1 Å². The molecular weight excluding hydrogens is 264 g/mol. The number of ether oxygens (including phenoxy) is 1. The van der Waals surface area contributed by atoms with E-state index in [0.717, 1.165) is 24.2 Å². The third-order valence-electron chi connectivity index (χ3n) is 3.02. The molecule has 0 unspecified atom stereocenters. The van der Waals surface area contributed by atoms with Crippen LogP contribution in [0.2, 0.25) is 0 Å². The van der Waals surface area contributed by atoms with Gasteiger partial charge >= 0.3 is 0 Å². The van der Waals surface area contributed by atoms with Gasteiger partial charge in [0, 0.05) is 19.8 Å². The second-order valence-corrected chi connectivity index (χ2v) is 5.35. The van der Waals surface area contributed by atoms with Crippen molar-refractivity contribution in [2.75, 3.05) is 26.7 Å². The van der Waals surface area contributed by atoms with Gasteiger partial charge in [0.2, 0.25) is 0 Å². The molecule has 5 heteroatoms. The van der Waals surface area contributed by atoms with E-state index in [-0.39, 0.29) is 0 Å². The summed E-state index contributed by atoms with van der Waals surface area (Å²) < 4.78 is 5.56. The first kappa shape index (κ1) is 17.3. The van der Waals surface area contributed by atoms with Crippen molar-refractivity contribution in [2.24, 2.45) is 10.9 Å². The number of unbranched alkanes of at least 4 members (excludes halogenated alkanes) is 1. The van der Waals surface area contributed by atoms with Gasteiger partial charge in [-0.15, -0.1) is 0 Å². The molecule has 1 rings (SSSR count). The van der Waals surface area contributed by atoms with Gasteiger partial charge in [0.1, 0.15) is 12.4 Å². The molecule has 118 valence electrons. The van der Waals surface area contributed by atoms with Crippen LogP contribution in [-0.2, 0) is 0 Å². The number of aromatic nitrogens is 1. The molecule has 1 aromatic heterocycles. The summed E-state index contributed by atoms with van der Waals surface area (Å²) in [6.45, 7) is 6.77. The van der Waals surface area contributed by atoms with E-state index in [4.69, 9.17) is 4.74 Å². The van der Waals surface area contributed by atoms with Gasteiger partial charge in [-0.3, -0.25) is 9.98 Å². The first-order valence-corrected chi connectivity index (χ1v) is 7.69. The Hall–Kier alpha value is -1.78. The van der Waals surface area contributed by atoms with E-state index in [0.29, 0.717) is 13.2 Å². The summed E-state index contributed by atoms with van der Waals surface area (Å²) >= 11 is 0. The van der Waals surface area contributed by atoms with Crippen molar-refractivity contribution < 1.29 is 4.74 Å². The molecule has 0 aliphatic carbocycles. The van der Waals surface area contributed by atoms with Gasteiger partial charge in [0.25, 0.3) is 0 Å². The quantitative estimate of drug-likeness (QED) is 0.417. The molecule has 0 aliphatic rings. The fourth-order valence-corrected chi connectivity index (χ4v) is 1.88. The van der Waals surface area contributed by atoms with Crippen LogP contribution in [0.4, 0.5) is 0 Å². The van der Waals surface area contributed by atoms with E-state index >= 15 is 0 Å². The SMILES string of the molecule is CN=C(NCCCCC(C)C)NCCOc1cccnc1. The maximum Gasteiger partial charge on any atom is 0.191 e. The minimum Gasteiger partial charge on any atom is -0.490 e. The van der Waals surface area contributed by atoms with Gasteiger partial charge in [-0.1, -0.05) is 26.7 Å². The Kier molecular flexibility index (Phi) is 9.00. The van der Waals surface area contributed by atoms with Crippen molar-refractivity contribution >= 4 is 5.96 Å². The van der Waals surface area contributed by atoms with Gasteiger partial charge in [-0.25, -0.2) is 0 Å². The molecule has 0 amide bonds. The Morgan fingerprint density at radius 1 is 1.29 bits per heavy atom. The fraction of sp³-hybridized carbons (Fsp3) is 0.625. The summed E-state index contributed by atoms with van der Waals surface area (Å²) in [5, 5.41) is 6.55. The Morgan fingerprint density at radius 2 is 2.10 bits per heavy atom. The van der Waals surface area contributed by atoms with Crippen LogP contribution in [0.25, 0.3) is 0 Å². The smallest absolute Gasteiger partial charge is 0.191 e. The first-order valence-electron chi connectivity index (χ1n) is 7.69. The summed E-state index contributed by atoms with van der Waals surface area (Å²) in [6.07, 6.45) is 7.15. The van der Waals surface area contributed by atoms with Crippen molar-refractivity contribution in [1.29, 1.82) is 0 Å². The predicted molar refractivity (Wildman–Crippen MR) is 87.8 cm³/mol. The summed E-state index contributed by atoms with van der Waals surface area (Å²) in [5.74, 6) is 2.40. The third-order valence-corrected chi connectivity index (χ3v) is 3.02. The molecule has 0 aliphatic heterocycles. The summed E-state index contributed by atoms with van der Waals surface area (Å²) in [4.78, 5) is 8.20. The largest absolute Gasteiger partial charge is 0.490 e. The highest BCUT2D eigenvalue weighted by Crippen LogP contribution is 2.05. The van der Waals surface area contributed by atoms with Gasteiger partial charge < -0.3 is 15.4 Å². The topological polar surface area (TPSA) is 58.5 Å². The average molecular weight is 292 g/mol. The molecule has 1 heterocycles. The number of guanidine groups is 1. The summed E-state index contributed by atoms with van der Waals surface area (Å²) in [5.41, 5.74) is 0. The van der Waals surface area contributed by atoms with Crippen LogP contribution in [0.5, 0.6) is 5.75 Å². The van der Waals surface area contributed by atoms with Crippen LogP contribution in [0, 0.1) is 5.92 Å². The molecule has 1 aromatic rings. The van der Waals surface area contributed by atoms with E-state index in [1.54, 1.807) is 19.4 Å². The zero-order valence-corrected chi connectivity index (χ0v) is 13.4. The van der Waals surface area contributed by atoms with E-state index in [1.165, 1.54) is 19.3 Å². The van der Waals surface area contributed by atoms with Crippen LogP contribution in [-0.4, -0.2) is 37.7 Å². The zero-order valence-electron chi connectivity index (χ0n) is 13.4. The second kappa shape index (κ2) is 10.9. The maximum atomic E-state index is 5.56. The van der Waals surface area contributed by atoms with E-state index in [2.05, 4.69) is 34.5 Å². The molecule has 0 bridgehead atoms. The highest BCUT2D eigenvalue weighted by molar-refractivity contribution is 5.79. The summed E-state index contributed by atoms with van der Waals surface area (Å²) in [7, 11) is 1.78. The molecule has 0 aromatic carbocycles. The lowest BCUT2D eigenvalue weighted by atomic mass is 10.1. The standard InChI is InChI=1S/C16H28N4O/c1-14(2)7-4-5-10-19-16(17-3)20-11-12-21-15-8-6-9-18-13-15/h6,8-9,13-14H,4-5,7,10-12H2,1-3H3,(H2,17,19,20). The Balaban J connectivity index is 2.06. The minimum absolute atomic E-state index is 0.583. The molecule has 0 spiro atoms. The number of hydrogen-bond acceptors (Lipinski definition) is 3. The normalized spacial score (nSPS) is 11.5. The van der Waals surface area contributed by atoms with Gasteiger partial charge in [-0.2, -0.15) is 0 Å². The lowest BCUT2D eigenvalue weighted by Crippen LogP contribution is -2.39. The van der Waals surface area contributed by atoms with Crippen molar-refractivity contribution in [3.05, 3.63) is 24.5 Å². The first-order chi connectivity index (χ1) is 10.2. The van der Waals surface area contributed by atoms with Crippen molar-refractivity contribution in [1.82, 2.24) is 15.6 Å². The monoisotopic (exact) mass is 292 g/mol. The van der Waals surface area contributed by atoms with Crippen molar-refractivity contribution in [3.8, 4) is 5.75 Å². The molecular formula is C16H28N4O. The number of aliphatic imine (C=N–C) groups is 1. The number of rotatable bonds is 9. The number of nitrogens with one attached hydrogen (secondary N) is 2. The summed E-state index contributed by atoms with van der Waals surface area (Å²) in [6, 6.07) is 3.76. The Labute approximate surface area is 128 Å². The van der Waals surface area contributed by atoms with Crippen LogP contribution >= 0.6 is 0 Å². The molecule has 0 radical (unpaired) electrons. The highest BCUT2D eigenvalue weighted by atomic mass is 16.5. The third kappa shape index (κ3) is 8.89. The number of hydrogen-bond donors (Lipinski definition) is 2. The zero-order chi connectivity index (χ0) is 15.3.